The summed E-state index contributed by atoms with van der Waals surface area (Å²) in [4.78, 5) is 39.7. The number of aryl methyl sites for hydroxylation is 1. The number of amides is 2. The van der Waals surface area contributed by atoms with Gasteiger partial charge in [0.2, 0.25) is 0 Å². The largest absolute Gasteiger partial charge is 0.383 e. The average Bonchev–Trinajstić information content (AvgIpc) is 3.19. The Hall–Kier alpha value is -3.33. The van der Waals surface area contributed by atoms with Crippen LogP contribution in [0.2, 0.25) is 0 Å². The van der Waals surface area contributed by atoms with Crippen molar-refractivity contribution >= 4 is 22.8 Å². The molecule has 31 heavy (non-hydrogen) atoms. The van der Waals surface area contributed by atoms with Crippen molar-refractivity contribution in [3.8, 4) is 0 Å². The number of fused-ring (bicyclic) bond motifs is 1. The summed E-state index contributed by atoms with van der Waals surface area (Å²) in [7, 11) is 1.67. The summed E-state index contributed by atoms with van der Waals surface area (Å²) in [6.07, 6.45) is 5.01. The van der Waals surface area contributed by atoms with Crippen LogP contribution in [0.25, 0.3) is 11.0 Å². The zero-order valence-corrected chi connectivity index (χ0v) is 17.7. The summed E-state index contributed by atoms with van der Waals surface area (Å²) in [6.45, 7) is 4.28. The minimum absolute atomic E-state index is 0.0234. The van der Waals surface area contributed by atoms with Gasteiger partial charge in [0, 0.05) is 44.4 Å². The quantitative estimate of drug-likeness (QED) is 0.649. The highest BCUT2D eigenvalue weighted by molar-refractivity contribution is 5.97. The van der Waals surface area contributed by atoms with Gasteiger partial charge in [-0.25, -0.2) is 15.0 Å². The highest BCUT2D eigenvalue weighted by Crippen LogP contribution is 2.26. The molecule has 9 nitrogen and oxygen atoms in total. The number of piperidine rings is 1. The van der Waals surface area contributed by atoms with E-state index < -0.39 is 5.91 Å². The van der Waals surface area contributed by atoms with Crippen molar-refractivity contribution in [2.75, 3.05) is 26.8 Å². The van der Waals surface area contributed by atoms with E-state index in [4.69, 9.17) is 10.5 Å². The second-order valence-corrected chi connectivity index (χ2v) is 7.82. The molecule has 2 amide bonds. The maximum absolute atomic E-state index is 13.2. The number of aromatic nitrogens is 4. The summed E-state index contributed by atoms with van der Waals surface area (Å²) in [5.41, 5.74) is 8.62. The van der Waals surface area contributed by atoms with Crippen LogP contribution in [0.3, 0.4) is 0 Å². The number of methoxy groups -OCH3 is 1. The first kappa shape index (κ1) is 20.9. The van der Waals surface area contributed by atoms with Crippen molar-refractivity contribution in [1.82, 2.24) is 24.4 Å². The Labute approximate surface area is 180 Å². The van der Waals surface area contributed by atoms with Crippen LogP contribution in [0.5, 0.6) is 0 Å². The lowest BCUT2D eigenvalue weighted by Gasteiger charge is -2.32. The van der Waals surface area contributed by atoms with Crippen LogP contribution in [0.15, 0.2) is 30.7 Å². The number of likely N-dealkylation sites (tertiary alicyclic amines) is 1. The predicted octanol–water partition coefficient (Wildman–Crippen LogP) is 1.90. The number of nitrogens with two attached hydrogens (primary N) is 1. The van der Waals surface area contributed by atoms with E-state index in [1.165, 1.54) is 6.20 Å². The molecule has 0 radical (unpaired) electrons. The van der Waals surface area contributed by atoms with Gasteiger partial charge in [-0.1, -0.05) is 0 Å². The van der Waals surface area contributed by atoms with Crippen molar-refractivity contribution in [3.63, 3.8) is 0 Å². The fourth-order valence-corrected chi connectivity index (χ4v) is 4.04. The van der Waals surface area contributed by atoms with Crippen LogP contribution in [0.4, 0.5) is 0 Å². The lowest BCUT2D eigenvalue weighted by Crippen LogP contribution is -2.39. The van der Waals surface area contributed by atoms with Gasteiger partial charge in [0.05, 0.1) is 35.2 Å². The first-order valence-corrected chi connectivity index (χ1v) is 10.3. The highest BCUT2D eigenvalue weighted by Gasteiger charge is 2.28. The van der Waals surface area contributed by atoms with Crippen molar-refractivity contribution < 1.29 is 14.3 Å². The molecule has 0 spiro atoms. The molecular formula is C22H26N6O3. The Kier molecular flexibility index (Phi) is 5.94. The van der Waals surface area contributed by atoms with E-state index >= 15 is 0 Å². The fourth-order valence-electron chi connectivity index (χ4n) is 4.04. The van der Waals surface area contributed by atoms with Gasteiger partial charge in [0.15, 0.2) is 0 Å². The van der Waals surface area contributed by atoms with Crippen LogP contribution in [-0.4, -0.2) is 63.0 Å². The number of carbonyl (C=O) groups is 2. The van der Waals surface area contributed by atoms with Crippen molar-refractivity contribution in [3.05, 3.63) is 53.4 Å². The number of carbonyl (C=O) groups excluding carboxylic acids is 2. The topological polar surface area (TPSA) is 116 Å². The van der Waals surface area contributed by atoms with Gasteiger partial charge in [-0.05, 0) is 38.0 Å². The lowest BCUT2D eigenvalue weighted by atomic mass is 9.96. The molecule has 162 valence electrons. The van der Waals surface area contributed by atoms with Gasteiger partial charge >= 0.3 is 0 Å². The molecule has 1 atom stereocenters. The third-order valence-corrected chi connectivity index (χ3v) is 5.74. The Morgan fingerprint density at radius 1 is 1.29 bits per heavy atom. The monoisotopic (exact) mass is 422 g/mol. The molecule has 0 saturated carbocycles. The Balaban J connectivity index is 1.51. The maximum atomic E-state index is 13.2. The molecule has 2 N–H and O–H groups in total. The molecule has 1 fully saturated rings. The molecule has 0 aliphatic carbocycles. The van der Waals surface area contributed by atoms with Crippen LogP contribution in [0.1, 0.15) is 51.0 Å². The summed E-state index contributed by atoms with van der Waals surface area (Å²) >= 11 is 0. The van der Waals surface area contributed by atoms with E-state index in [9.17, 15) is 9.59 Å². The van der Waals surface area contributed by atoms with E-state index in [1.807, 2.05) is 27.7 Å². The van der Waals surface area contributed by atoms with E-state index in [0.717, 1.165) is 23.9 Å². The van der Waals surface area contributed by atoms with Crippen molar-refractivity contribution in [2.45, 2.75) is 32.2 Å². The van der Waals surface area contributed by atoms with Crippen molar-refractivity contribution in [2.24, 2.45) is 5.73 Å². The number of rotatable bonds is 6. The molecule has 0 unspecified atom stereocenters. The molecule has 1 aliphatic heterocycles. The van der Waals surface area contributed by atoms with Gasteiger partial charge in [-0.2, -0.15) is 0 Å². The fraction of sp³-hybridized carbons (Fsp3) is 0.409. The third-order valence-electron chi connectivity index (χ3n) is 5.74. The van der Waals surface area contributed by atoms with Gasteiger partial charge in [-0.3, -0.25) is 9.59 Å². The van der Waals surface area contributed by atoms with Gasteiger partial charge in [0.25, 0.3) is 11.8 Å². The number of nitrogens with zero attached hydrogens (tertiary/aromatic N) is 5. The number of hydrogen-bond acceptors (Lipinski definition) is 6. The van der Waals surface area contributed by atoms with E-state index in [2.05, 4.69) is 15.0 Å². The van der Waals surface area contributed by atoms with Crippen LogP contribution >= 0.6 is 0 Å². The molecule has 2 aromatic heterocycles. The standard InChI is InChI=1S/C22H26N6O3/c1-14-17(20(23)29)11-24-21(26-14)16-4-3-7-27(12-16)22(30)15-5-6-19-18(10-15)25-13-28(19)8-9-31-2/h5-6,10-11,13,16H,3-4,7-9,12H2,1-2H3,(H2,23,29)/t16-/m1/s1. The summed E-state index contributed by atoms with van der Waals surface area (Å²) in [6, 6.07) is 5.62. The number of benzene rings is 1. The molecule has 4 rings (SSSR count). The normalized spacial score (nSPS) is 16.6. The molecule has 9 heteroatoms. The maximum Gasteiger partial charge on any atom is 0.253 e. The van der Waals surface area contributed by atoms with E-state index in [-0.39, 0.29) is 11.8 Å². The Bertz CT molecular complexity index is 1130. The minimum atomic E-state index is -0.537. The molecular weight excluding hydrogens is 396 g/mol. The smallest absolute Gasteiger partial charge is 0.253 e. The second kappa shape index (κ2) is 8.81. The molecule has 3 heterocycles. The highest BCUT2D eigenvalue weighted by atomic mass is 16.5. The van der Waals surface area contributed by atoms with Crippen molar-refractivity contribution in [1.29, 1.82) is 0 Å². The van der Waals surface area contributed by atoms with Crippen LogP contribution in [0, 0.1) is 6.92 Å². The Morgan fingerprint density at radius 2 is 2.13 bits per heavy atom. The molecule has 1 saturated heterocycles. The number of primary amides is 1. The third kappa shape index (κ3) is 4.27. The first-order valence-electron chi connectivity index (χ1n) is 10.3. The van der Waals surface area contributed by atoms with Gasteiger partial charge < -0.3 is 19.9 Å². The average molecular weight is 422 g/mol. The second-order valence-electron chi connectivity index (χ2n) is 7.82. The Morgan fingerprint density at radius 3 is 2.87 bits per heavy atom. The van der Waals surface area contributed by atoms with Crippen LogP contribution < -0.4 is 5.73 Å². The predicted molar refractivity (Wildman–Crippen MR) is 115 cm³/mol. The molecule has 1 aromatic carbocycles. The van der Waals surface area contributed by atoms with Crippen LogP contribution in [-0.2, 0) is 11.3 Å². The van der Waals surface area contributed by atoms with E-state index in [1.54, 1.807) is 20.4 Å². The van der Waals surface area contributed by atoms with Gasteiger partial charge in [0.1, 0.15) is 5.82 Å². The molecule has 0 bridgehead atoms. The first-order chi connectivity index (χ1) is 15.0. The summed E-state index contributed by atoms with van der Waals surface area (Å²) in [5.74, 6) is 0.107. The van der Waals surface area contributed by atoms with Gasteiger partial charge in [-0.15, -0.1) is 0 Å². The zero-order chi connectivity index (χ0) is 22.0. The molecule has 1 aliphatic rings. The SMILES string of the molecule is COCCn1cnc2cc(C(=O)N3CCC[C@@H](c4ncc(C(N)=O)c(C)n4)C3)ccc21. The summed E-state index contributed by atoms with van der Waals surface area (Å²) < 4.78 is 7.15. The number of imidazole rings is 1. The number of ether oxygens (including phenoxy) is 1. The summed E-state index contributed by atoms with van der Waals surface area (Å²) in [5, 5.41) is 0. The number of hydrogen-bond donors (Lipinski definition) is 1. The minimum Gasteiger partial charge on any atom is -0.383 e. The molecule has 3 aromatic rings. The van der Waals surface area contributed by atoms with E-state index in [0.29, 0.717) is 48.9 Å². The zero-order valence-electron chi connectivity index (χ0n) is 17.7. The lowest BCUT2D eigenvalue weighted by molar-refractivity contribution is 0.0704.